The summed E-state index contributed by atoms with van der Waals surface area (Å²) in [5, 5.41) is 0. The van der Waals surface area contributed by atoms with Crippen LogP contribution < -0.4 is 0 Å². The van der Waals surface area contributed by atoms with Gasteiger partial charge in [0.05, 0.1) is 13.2 Å². The van der Waals surface area contributed by atoms with Gasteiger partial charge in [-0.05, 0) is 32.5 Å². The quantitative estimate of drug-likeness (QED) is 0.637. The Morgan fingerprint density at radius 2 is 1.50 bits per heavy atom. The second-order valence-corrected chi connectivity index (χ2v) is 6.47. The molecule has 0 amide bonds. The summed E-state index contributed by atoms with van der Waals surface area (Å²) in [6.45, 7) is 10.1. The lowest BCUT2D eigenvalue weighted by atomic mass is 10.2. The predicted molar refractivity (Wildman–Crippen MR) is 83.0 cm³/mol. The van der Waals surface area contributed by atoms with Gasteiger partial charge in [0.15, 0.2) is 0 Å². The summed E-state index contributed by atoms with van der Waals surface area (Å²) in [5.74, 6) is -0.349. The van der Waals surface area contributed by atoms with Crippen LogP contribution in [0.2, 0.25) is 0 Å². The fourth-order valence-corrected chi connectivity index (χ4v) is 4.67. The zero-order valence-electron chi connectivity index (χ0n) is 12.9. The van der Waals surface area contributed by atoms with Crippen molar-refractivity contribution in [3.05, 3.63) is 35.9 Å². The van der Waals surface area contributed by atoms with Crippen LogP contribution >= 0.6 is 7.60 Å². The van der Waals surface area contributed by atoms with E-state index in [1.54, 1.807) is 0 Å². The largest absolute Gasteiger partial charge is 0.352 e. The molecule has 0 radical (unpaired) electrons. The van der Waals surface area contributed by atoms with Crippen LogP contribution in [0.3, 0.4) is 0 Å². The third-order valence-corrected chi connectivity index (χ3v) is 5.63. The third-order valence-electron chi connectivity index (χ3n) is 3.17. The van der Waals surface area contributed by atoms with E-state index in [2.05, 4.69) is 18.7 Å². The van der Waals surface area contributed by atoms with Crippen LogP contribution in [0.25, 0.3) is 0 Å². The first-order valence-corrected chi connectivity index (χ1v) is 8.91. The SMILES string of the molecule is CCOP(=O)(OCC)C(c1ccccc1)N(CC)CC. The van der Waals surface area contributed by atoms with Crippen molar-refractivity contribution in [3.63, 3.8) is 0 Å². The van der Waals surface area contributed by atoms with Gasteiger partial charge in [-0.2, -0.15) is 0 Å². The lowest BCUT2D eigenvalue weighted by molar-refractivity contribution is 0.169. The average molecular weight is 299 g/mol. The molecule has 1 unspecified atom stereocenters. The van der Waals surface area contributed by atoms with E-state index in [1.807, 2.05) is 44.2 Å². The van der Waals surface area contributed by atoms with Gasteiger partial charge < -0.3 is 9.05 Å². The first-order chi connectivity index (χ1) is 9.62. The summed E-state index contributed by atoms with van der Waals surface area (Å²) >= 11 is 0. The van der Waals surface area contributed by atoms with Crippen LogP contribution in [0.15, 0.2) is 30.3 Å². The van der Waals surface area contributed by atoms with E-state index >= 15 is 0 Å². The molecule has 0 spiro atoms. The van der Waals surface area contributed by atoms with Crippen molar-refractivity contribution < 1.29 is 13.6 Å². The number of benzene rings is 1. The Labute approximate surface area is 122 Å². The Morgan fingerprint density at radius 3 is 1.90 bits per heavy atom. The van der Waals surface area contributed by atoms with Crippen LogP contribution in [-0.2, 0) is 13.6 Å². The minimum atomic E-state index is -3.21. The van der Waals surface area contributed by atoms with Gasteiger partial charge in [0.25, 0.3) is 0 Å². The summed E-state index contributed by atoms with van der Waals surface area (Å²) in [6.07, 6.45) is 0. The van der Waals surface area contributed by atoms with E-state index in [0.717, 1.165) is 18.7 Å². The molecule has 4 nitrogen and oxygen atoms in total. The van der Waals surface area contributed by atoms with E-state index in [1.165, 1.54) is 0 Å². The van der Waals surface area contributed by atoms with Crippen molar-refractivity contribution in [3.8, 4) is 0 Å². The van der Waals surface area contributed by atoms with Crippen molar-refractivity contribution >= 4 is 7.60 Å². The molecule has 0 bridgehead atoms. The lowest BCUT2D eigenvalue weighted by Gasteiger charge is -2.34. The Balaban J connectivity index is 3.24. The molecule has 1 rings (SSSR count). The highest BCUT2D eigenvalue weighted by molar-refractivity contribution is 7.54. The molecule has 0 N–H and O–H groups in total. The molecule has 0 saturated carbocycles. The summed E-state index contributed by atoms with van der Waals surface area (Å²) in [4.78, 5) is 2.13. The predicted octanol–water partition coefficient (Wildman–Crippen LogP) is 4.29. The smallest absolute Gasteiger partial charge is 0.308 e. The van der Waals surface area contributed by atoms with Crippen molar-refractivity contribution in [2.75, 3.05) is 26.3 Å². The van der Waals surface area contributed by atoms with Crippen LogP contribution in [0, 0.1) is 0 Å². The van der Waals surface area contributed by atoms with E-state index in [-0.39, 0.29) is 5.78 Å². The molecular weight excluding hydrogens is 273 g/mol. The molecule has 1 aromatic rings. The second kappa shape index (κ2) is 8.58. The van der Waals surface area contributed by atoms with Crippen molar-refractivity contribution in [1.82, 2.24) is 4.90 Å². The first kappa shape index (κ1) is 17.4. The highest BCUT2D eigenvalue weighted by atomic mass is 31.2. The molecule has 0 aliphatic heterocycles. The number of rotatable bonds is 9. The minimum absolute atomic E-state index is 0.349. The maximum atomic E-state index is 13.2. The maximum absolute atomic E-state index is 13.2. The standard InChI is InChI=1S/C15H26NO3P/c1-5-16(6-2)15(14-12-10-9-11-13-14)20(17,18-7-3)19-8-4/h9-13,15H,5-8H2,1-4H3. The van der Waals surface area contributed by atoms with E-state index in [0.29, 0.717) is 13.2 Å². The molecule has 1 atom stereocenters. The maximum Gasteiger partial charge on any atom is 0.352 e. The molecule has 0 aromatic heterocycles. The lowest BCUT2D eigenvalue weighted by Crippen LogP contribution is -2.29. The summed E-state index contributed by atoms with van der Waals surface area (Å²) in [6, 6.07) is 9.82. The Bertz CT molecular complexity index is 410. The summed E-state index contributed by atoms with van der Waals surface area (Å²) in [7, 11) is -3.21. The zero-order chi connectivity index (χ0) is 15.0. The molecular formula is C15H26NO3P. The van der Waals surface area contributed by atoms with Crippen molar-refractivity contribution in [2.24, 2.45) is 0 Å². The van der Waals surface area contributed by atoms with Crippen LogP contribution in [0.4, 0.5) is 0 Å². The van der Waals surface area contributed by atoms with Gasteiger partial charge in [-0.15, -0.1) is 0 Å². The van der Waals surface area contributed by atoms with Gasteiger partial charge in [-0.25, -0.2) is 0 Å². The number of hydrogen-bond acceptors (Lipinski definition) is 4. The van der Waals surface area contributed by atoms with Crippen LogP contribution in [-0.4, -0.2) is 31.2 Å². The molecule has 0 aliphatic carbocycles. The topological polar surface area (TPSA) is 38.8 Å². The summed E-state index contributed by atoms with van der Waals surface area (Å²) < 4.78 is 24.3. The number of hydrogen-bond donors (Lipinski definition) is 0. The molecule has 0 fully saturated rings. The monoisotopic (exact) mass is 299 g/mol. The highest BCUT2D eigenvalue weighted by Gasteiger charge is 2.39. The van der Waals surface area contributed by atoms with Gasteiger partial charge in [0.1, 0.15) is 5.78 Å². The molecule has 1 aromatic carbocycles. The molecule has 0 saturated heterocycles. The normalized spacial score (nSPS) is 13.7. The molecule has 114 valence electrons. The van der Waals surface area contributed by atoms with Crippen LogP contribution in [0.1, 0.15) is 39.0 Å². The van der Waals surface area contributed by atoms with Gasteiger partial charge in [-0.1, -0.05) is 44.2 Å². The average Bonchev–Trinajstić information content (AvgIpc) is 2.45. The third kappa shape index (κ3) is 4.16. The Morgan fingerprint density at radius 1 is 1.00 bits per heavy atom. The molecule has 0 heterocycles. The van der Waals surface area contributed by atoms with E-state index in [4.69, 9.17) is 9.05 Å². The minimum Gasteiger partial charge on any atom is -0.308 e. The first-order valence-electron chi connectivity index (χ1n) is 7.30. The number of nitrogens with zero attached hydrogens (tertiary/aromatic N) is 1. The summed E-state index contributed by atoms with van der Waals surface area (Å²) in [5.41, 5.74) is 0.974. The Kier molecular flexibility index (Phi) is 7.46. The highest BCUT2D eigenvalue weighted by Crippen LogP contribution is 2.62. The van der Waals surface area contributed by atoms with Gasteiger partial charge in [0.2, 0.25) is 0 Å². The van der Waals surface area contributed by atoms with Gasteiger partial charge >= 0.3 is 7.60 Å². The second-order valence-electron chi connectivity index (χ2n) is 4.38. The zero-order valence-corrected chi connectivity index (χ0v) is 13.8. The van der Waals surface area contributed by atoms with E-state index < -0.39 is 7.60 Å². The molecule has 20 heavy (non-hydrogen) atoms. The van der Waals surface area contributed by atoms with Gasteiger partial charge in [-0.3, -0.25) is 9.46 Å². The van der Waals surface area contributed by atoms with Gasteiger partial charge in [0, 0.05) is 0 Å². The fraction of sp³-hybridized carbons (Fsp3) is 0.600. The molecule has 5 heteroatoms. The van der Waals surface area contributed by atoms with Crippen molar-refractivity contribution in [1.29, 1.82) is 0 Å². The van der Waals surface area contributed by atoms with Crippen LogP contribution in [0.5, 0.6) is 0 Å². The van der Waals surface area contributed by atoms with E-state index in [9.17, 15) is 4.57 Å². The molecule has 0 aliphatic rings. The van der Waals surface area contributed by atoms with Crippen molar-refractivity contribution in [2.45, 2.75) is 33.5 Å². The Hall–Kier alpha value is -0.670. The fourth-order valence-electron chi connectivity index (χ4n) is 2.33.